The van der Waals surface area contributed by atoms with Gasteiger partial charge >= 0.3 is 0 Å². The maximum atomic E-state index is 12.6. The predicted molar refractivity (Wildman–Crippen MR) is 52.7 cm³/mol. The Hall–Kier alpha value is -0.850. The molecule has 1 aliphatic carbocycles. The summed E-state index contributed by atoms with van der Waals surface area (Å²) in [4.78, 5) is 0. The van der Waals surface area contributed by atoms with E-state index in [1.54, 1.807) is 6.08 Å². The second-order valence-electron chi connectivity index (χ2n) is 2.30. The zero-order valence-electron chi connectivity index (χ0n) is 8.10. The Morgan fingerprint density at radius 1 is 1.42 bits per heavy atom. The average Bonchev–Trinajstić information content (AvgIpc) is 2.33. The van der Waals surface area contributed by atoms with Crippen molar-refractivity contribution in [3.8, 4) is 0 Å². The molecule has 68 valence electrons. The normalized spacial score (nSPS) is 15.3. The van der Waals surface area contributed by atoms with Crippen molar-refractivity contribution in [1.82, 2.24) is 0 Å². The minimum absolute atomic E-state index is 0.134. The molecule has 0 aromatic heterocycles. The van der Waals surface area contributed by atoms with Crippen molar-refractivity contribution in [1.29, 1.82) is 0 Å². The lowest BCUT2D eigenvalue weighted by molar-refractivity contribution is 0.665. The van der Waals surface area contributed by atoms with Gasteiger partial charge in [0, 0.05) is 0 Å². The van der Waals surface area contributed by atoms with Crippen LogP contribution in [0.25, 0.3) is 0 Å². The Bertz CT molecular complexity index is 197. The van der Waals surface area contributed by atoms with Gasteiger partial charge in [-0.3, -0.25) is 0 Å². The number of halogens is 1. The van der Waals surface area contributed by atoms with Gasteiger partial charge in [0.25, 0.3) is 0 Å². The molecule has 0 aliphatic heterocycles. The molecule has 0 saturated heterocycles. The van der Waals surface area contributed by atoms with Gasteiger partial charge in [-0.05, 0) is 30.6 Å². The molecule has 0 saturated carbocycles. The quantitative estimate of drug-likeness (QED) is 0.551. The van der Waals surface area contributed by atoms with Crippen LogP contribution < -0.4 is 0 Å². The SMILES string of the molecule is CC.CCC1=CCC=CC(F)=C1. The fourth-order valence-electron chi connectivity index (χ4n) is 0.931. The lowest BCUT2D eigenvalue weighted by atomic mass is 10.2. The van der Waals surface area contributed by atoms with Crippen LogP contribution in [0.3, 0.4) is 0 Å². The Labute approximate surface area is 74.5 Å². The highest BCUT2D eigenvalue weighted by Gasteiger charge is 1.95. The summed E-state index contributed by atoms with van der Waals surface area (Å²) in [6.07, 6.45) is 8.74. The Kier molecular flexibility index (Phi) is 6.35. The standard InChI is InChI=1S/C9H11F.C2H6/c1-2-8-5-3-4-6-9(10)7-8;1-2/h4-7H,2-3H2,1H3;1-2H3. The summed E-state index contributed by atoms with van der Waals surface area (Å²) in [5.41, 5.74) is 1.09. The largest absolute Gasteiger partial charge is 0.207 e. The second-order valence-corrected chi connectivity index (χ2v) is 2.30. The molecule has 0 aromatic carbocycles. The molecule has 0 fully saturated rings. The average molecular weight is 168 g/mol. The third kappa shape index (κ3) is 4.12. The van der Waals surface area contributed by atoms with E-state index in [1.807, 2.05) is 32.9 Å². The first-order chi connectivity index (χ1) is 5.83. The van der Waals surface area contributed by atoms with Crippen LogP contribution in [-0.4, -0.2) is 0 Å². The minimum Gasteiger partial charge on any atom is -0.207 e. The van der Waals surface area contributed by atoms with Gasteiger partial charge in [-0.2, -0.15) is 0 Å². The molecule has 12 heavy (non-hydrogen) atoms. The van der Waals surface area contributed by atoms with Crippen molar-refractivity contribution >= 4 is 0 Å². The fourth-order valence-corrected chi connectivity index (χ4v) is 0.931. The van der Waals surface area contributed by atoms with Crippen LogP contribution in [0.2, 0.25) is 0 Å². The Morgan fingerprint density at radius 3 is 2.67 bits per heavy atom. The number of hydrogen-bond acceptors (Lipinski definition) is 0. The van der Waals surface area contributed by atoms with E-state index in [0.29, 0.717) is 0 Å². The van der Waals surface area contributed by atoms with Crippen LogP contribution in [0, 0.1) is 0 Å². The van der Waals surface area contributed by atoms with Crippen molar-refractivity contribution in [2.75, 3.05) is 0 Å². The molecule has 0 aromatic rings. The molecular formula is C11H17F. The van der Waals surface area contributed by atoms with Crippen LogP contribution in [-0.2, 0) is 0 Å². The molecule has 0 N–H and O–H groups in total. The zero-order valence-corrected chi connectivity index (χ0v) is 8.10. The highest BCUT2D eigenvalue weighted by atomic mass is 19.1. The van der Waals surface area contributed by atoms with Gasteiger partial charge in [0.2, 0.25) is 0 Å². The molecule has 0 radical (unpaired) electrons. The van der Waals surface area contributed by atoms with E-state index in [0.717, 1.165) is 18.4 Å². The van der Waals surface area contributed by atoms with Gasteiger partial charge in [-0.15, -0.1) is 0 Å². The fraction of sp³-hybridized carbons (Fsp3) is 0.455. The van der Waals surface area contributed by atoms with Crippen molar-refractivity contribution < 1.29 is 4.39 Å². The van der Waals surface area contributed by atoms with Crippen LogP contribution in [0.15, 0.2) is 35.7 Å². The van der Waals surface area contributed by atoms with E-state index in [-0.39, 0.29) is 5.83 Å². The number of rotatable bonds is 1. The lowest BCUT2D eigenvalue weighted by Gasteiger charge is -1.92. The molecule has 0 spiro atoms. The van der Waals surface area contributed by atoms with Crippen molar-refractivity contribution in [3.63, 3.8) is 0 Å². The van der Waals surface area contributed by atoms with E-state index in [2.05, 4.69) is 0 Å². The minimum atomic E-state index is -0.134. The van der Waals surface area contributed by atoms with E-state index in [4.69, 9.17) is 0 Å². The molecule has 0 nitrogen and oxygen atoms in total. The van der Waals surface area contributed by atoms with Gasteiger partial charge in [0.05, 0.1) is 0 Å². The van der Waals surface area contributed by atoms with Crippen molar-refractivity contribution in [3.05, 3.63) is 35.7 Å². The summed E-state index contributed by atoms with van der Waals surface area (Å²) < 4.78 is 12.6. The van der Waals surface area contributed by atoms with Crippen molar-refractivity contribution in [2.45, 2.75) is 33.6 Å². The smallest absolute Gasteiger partial charge is 0.123 e. The van der Waals surface area contributed by atoms with Gasteiger partial charge < -0.3 is 0 Å². The summed E-state index contributed by atoms with van der Waals surface area (Å²) in [5.74, 6) is -0.134. The second kappa shape index (κ2) is 6.84. The summed E-state index contributed by atoms with van der Waals surface area (Å²) in [5, 5.41) is 0. The van der Waals surface area contributed by atoms with Crippen LogP contribution in [0.4, 0.5) is 4.39 Å². The molecule has 1 aliphatic rings. The molecule has 0 unspecified atom stereocenters. The van der Waals surface area contributed by atoms with Crippen LogP contribution >= 0.6 is 0 Å². The van der Waals surface area contributed by atoms with E-state index in [1.165, 1.54) is 6.08 Å². The number of hydrogen-bond donors (Lipinski definition) is 0. The summed E-state index contributed by atoms with van der Waals surface area (Å²) >= 11 is 0. The van der Waals surface area contributed by atoms with Gasteiger partial charge in [0.15, 0.2) is 0 Å². The maximum Gasteiger partial charge on any atom is 0.123 e. The monoisotopic (exact) mass is 168 g/mol. The van der Waals surface area contributed by atoms with E-state index in [9.17, 15) is 4.39 Å². The van der Waals surface area contributed by atoms with Gasteiger partial charge in [-0.1, -0.05) is 32.9 Å². The van der Waals surface area contributed by atoms with Crippen molar-refractivity contribution in [2.24, 2.45) is 0 Å². The van der Waals surface area contributed by atoms with Gasteiger partial charge in [0.1, 0.15) is 5.83 Å². The predicted octanol–water partition coefficient (Wildman–Crippen LogP) is 4.16. The highest BCUT2D eigenvalue weighted by Crippen LogP contribution is 2.13. The van der Waals surface area contributed by atoms with E-state index < -0.39 is 0 Å². The third-order valence-corrected chi connectivity index (χ3v) is 1.52. The Morgan fingerprint density at radius 2 is 2.08 bits per heavy atom. The van der Waals surface area contributed by atoms with Crippen LogP contribution in [0.5, 0.6) is 0 Å². The highest BCUT2D eigenvalue weighted by molar-refractivity contribution is 5.29. The summed E-state index contributed by atoms with van der Waals surface area (Å²) in [6, 6.07) is 0. The zero-order chi connectivity index (χ0) is 9.40. The molecule has 0 amide bonds. The first-order valence-electron chi connectivity index (χ1n) is 4.55. The van der Waals surface area contributed by atoms with Gasteiger partial charge in [-0.25, -0.2) is 4.39 Å². The Balaban J connectivity index is 0.000000561. The number of allylic oxidation sites excluding steroid dienone is 6. The lowest BCUT2D eigenvalue weighted by Crippen LogP contribution is -1.73. The molecule has 0 atom stereocenters. The molecule has 1 rings (SSSR count). The first kappa shape index (κ1) is 11.2. The summed E-state index contributed by atoms with van der Waals surface area (Å²) in [6.45, 7) is 6.03. The summed E-state index contributed by atoms with van der Waals surface area (Å²) in [7, 11) is 0. The molecule has 0 bridgehead atoms. The topological polar surface area (TPSA) is 0 Å². The first-order valence-corrected chi connectivity index (χ1v) is 4.55. The molecule has 1 heteroatoms. The van der Waals surface area contributed by atoms with E-state index >= 15 is 0 Å². The third-order valence-electron chi connectivity index (χ3n) is 1.52. The molecular weight excluding hydrogens is 151 g/mol. The van der Waals surface area contributed by atoms with Crippen LogP contribution in [0.1, 0.15) is 33.6 Å². The maximum absolute atomic E-state index is 12.6. The molecule has 0 heterocycles.